The third-order valence-electron chi connectivity index (χ3n) is 6.42. The van der Waals surface area contributed by atoms with Crippen LogP contribution in [0.2, 0.25) is 0 Å². The molecule has 31 heavy (non-hydrogen) atoms. The molecule has 0 saturated heterocycles. The second kappa shape index (κ2) is 8.02. The van der Waals surface area contributed by atoms with E-state index < -0.39 is 0 Å². The summed E-state index contributed by atoms with van der Waals surface area (Å²) in [5.74, 6) is 0.179. The number of hydrogen-bond acceptors (Lipinski definition) is 4. The number of anilines is 1. The van der Waals surface area contributed by atoms with Crippen molar-refractivity contribution in [2.75, 3.05) is 5.73 Å². The lowest BCUT2D eigenvalue weighted by Gasteiger charge is -2.18. The molecule has 1 amide bonds. The number of pyridine rings is 1. The number of hydrogen-bond donors (Lipinski definition) is 2. The van der Waals surface area contributed by atoms with E-state index >= 15 is 0 Å². The van der Waals surface area contributed by atoms with Crippen LogP contribution in [0, 0.1) is 0 Å². The summed E-state index contributed by atoms with van der Waals surface area (Å²) < 4.78 is 2.23. The number of amides is 1. The summed E-state index contributed by atoms with van der Waals surface area (Å²) in [7, 11) is 0. The molecule has 1 aliphatic rings. The van der Waals surface area contributed by atoms with Gasteiger partial charge in [-0.05, 0) is 66.8 Å². The zero-order valence-electron chi connectivity index (χ0n) is 17.6. The number of benzene rings is 2. The van der Waals surface area contributed by atoms with Crippen LogP contribution in [0.5, 0.6) is 0 Å². The maximum absolute atomic E-state index is 12.2. The van der Waals surface area contributed by atoms with Gasteiger partial charge < -0.3 is 16.0 Å². The van der Waals surface area contributed by atoms with Crippen LogP contribution in [0.25, 0.3) is 21.8 Å². The van der Waals surface area contributed by atoms with Gasteiger partial charge in [-0.25, -0.2) is 9.97 Å². The minimum atomic E-state index is -0.359. The molecule has 4 N–H and O–H groups in total. The van der Waals surface area contributed by atoms with Crippen LogP contribution in [-0.4, -0.2) is 20.4 Å². The molecule has 158 valence electrons. The SMILES string of the molecule is NC(=O)c1c(CCCCn2cnc3c(N)nc4c(c32)CCCC4)ccc2ccccc12. The summed E-state index contributed by atoms with van der Waals surface area (Å²) in [5, 5.41) is 1.98. The Labute approximate surface area is 181 Å². The van der Waals surface area contributed by atoms with Crippen molar-refractivity contribution in [2.45, 2.75) is 51.5 Å². The number of carbonyl (C=O) groups is 1. The number of imidazole rings is 1. The molecule has 0 atom stereocenters. The van der Waals surface area contributed by atoms with Crippen LogP contribution >= 0.6 is 0 Å². The topological polar surface area (TPSA) is 99.8 Å². The summed E-state index contributed by atoms with van der Waals surface area (Å²) in [6.07, 6.45) is 9.06. The maximum Gasteiger partial charge on any atom is 0.249 e. The molecule has 4 aromatic rings. The Morgan fingerprint density at radius 3 is 2.77 bits per heavy atom. The van der Waals surface area contributed by atoms with Crippen LogP contribution < -0.4 is 11.5 Å². The molecule has 6 heteroatoms. The lowest BCUT2D eigenvalue weighted by Crippen LogP contribution is -2.14. The minimum absolute atomic E-state index is 0.359. The summed E-state index contributed by atoms with van der Waals surface area (Å²) >= 11 is 0. The molecule has 0 unspecified atom stereocenters. The quantitative estimate of drug-likeness (QED) is 0.463. The number of aryl methyl sites for hydroxylation is 4. The third-order valence-corrected chi connectivity index (χ3v) is 6.42. The lowest BCUT2D eigenvalue weighted by atomic mass is 9.94. The maximum atomic E-state index is 12.2. The molecule has 0 spiro atoms. The number of rotatable bonds is 6. The predicted octanol–water partition coefficient (Wildman–Crippen LogP) is 4.17. The first-order valence-corrected chi connectivity index (χ1v) is 11.1. The Morgan fingerprint density at radius 1 is 1.06 bits per heavy atom. The first-order chi connectivity index (χ1) is 15.1. The van der Waals surface area contributed by atoms with Crippen molar-refractivity contribution in [3.05, 3.63) is 65.1 Å². The largest absolute Gasteiger partial charge is 0.382 e. The molecule has 2 aromatic carbocycles. The monoisotopic (exact) mass is 413 g/mol. The number of nitrogens with two attached hydrogens (primary N) is 2. The molecule has 0 fully saturated rings. The van der Waals surface area contributed by atoms with Crippen molar-refractivity contribution in [1.82, 2.24) is 14.5 Å². The standard InChI is InChI=1S/C25H27N5O/c26-24-22-23(19-10-3-4-11-20(19)29-24)30(15-28-22)14-6-5-8-17-13-12-16-7-1-2-9-18(16)21(17)25(27)31/h1-2,7,9,12-13,15H,3-6,8,10-11,14H2,(H2,26,29)(H2,27,31). The van der Waals surface area contributed by atoms with Crippen molar-refractivity contribution < 1.29 is 4.79 Å². The first kappa shape index (κ1) is 19.5. The van der Waals surface area contributed by atoms with Crippen LogP contribution in [0.1, 0.15) is 52.9 Å². The average molecular weight is 414 g/mol. The first-order valence-electron chi connectivity index (χ1n) is 11.1. The van der Waals surface area contributed by atoms with Crippen LogP contribution in [0.15, 0.2) is 42.7 Å². The van der Waals surface area contributed by atoms with Gasteiger partial charge in [-0.15, -0.1) is 0 Å². The van der Waals surface area contributed by atoms with E-state index in [2.05, 4.69) is 20.6 Å². The van der Waals surface area contributed by atoms with Crippen LogP contribution in [-0.2, 0) is 25.8 Å². The van der Waals surface area contributed by atoms with Gasteiger partial charge in [0.25, 0.3) is 0 Å². The van der Waals surface area contributed by atoms with Gasteiger partial charge in [-0.1, -0.05) is 36.4 Å². The molecular weight excluding hydrogens is 386 g/mol. The molecule has 2 aromatic heterocycles. The van der Waals surface area contributed by atoms with Crippen LogP contribution in [0.3, 0.4) is 0 Å². The fourth-order valence-corrected chi connectivity index (χ4v) is 4.94. The molecule has 0 radical (unpaired) electrons. The number of carbonyl (C=O) groups excluding carboxylic acids is 1. The van der Waals surface area contributed by atoms with Crippen molar-refractivity contribution in [1.29, 1.82) is 0 Å². The number of primary amides is 1. The zero-order chi connectivity index (χ0) is 21.4. The Balaban J connectivity index is 1.35. The van der Waals surface area contributed by atoms with E-state index in [9.17, 15) is 4.79 Å². The highest BCUT2D eigenvalue weighted by atomic mass is 16.1. The predicted molar refractivity (Wildman–Crippen MR) is 124 cm³/mol. The zero-order valence-corrected chi connectivity index (χ0v) is 17.6. The molecule has 0 bridgehead atoms. The van der Waals surface area contributed by atoms with E-state index in [-0.39, 0.29) is 5.91 Å². The highest BCUT2D eigenvalue weighted by Crippen LogP contribution is 2.30. The second-order valence-electron chi connectivity index (χ2n) is 8.41. The molecule has 5 rings (SSSR count). The van der Waals surface area contributed by atoms with E-state index in [0.29, 0.717) is 11.4 Å². The van der Waals surface area contributed by atoms with E-state index in [0.717, 1.165) is 71.7 Å². The Bertz CT molecular complexity index is 1290. The number of fused-ring (bicyclic) bond motifs is 4. The second-order valence-corrected chi connectivity index (χ2v) is 8.41. The van der Waals surface area contributed by atoms with E-state index in [1.54, 1.807) is 0 Å². The highest BCUT2D eigenvalue weighted by Gasteiger charge is 2.20. The van der Waals surface area contributed by atoms with Crippen molar-refractivity contribution in [3.63, 3.8) is 0 Å². The molecule has 2 heterocycles. The number of aromatic nitrogens is 3. The molecule has 0 aliphatic heterocycles. The van der Waals surface area contributed by atoms with Gasteiger partial charge in [0, 0.05) is 12.2 Å². The number of nitrogens with zero attached hydrogens (tertiary/aromatic N) is 3. The van der Waals surface area contributed by atoms with Gasteiger partial charge in [0.15, 0.2) is 5.82 Å². The fourth-order valence-electron chi connectivity index (χ4n) is 4.94. The van der Waals surface area contributed by atoms with E-state index in [1.165, 1.54) is 18.4 Å². The normalized spacial score (nSPS) is 13.5. The average Bonchev–Trinajstić information content (AvgIpc) is 3.21. The van der Waals surface area contributed by atoms with E-state index in [4.69, 9.17) is 11.5 Å². The van der Waals surface area contributed by atoms with Gasteiger partial charge in [0.1, 0.15) is 5.52 Å². The van der Waals surface area contributed by atoms with Gasteiger partial charge in [0.2, 0.25) is 5.91 Å². The van der Waals surface area contributed by atoms with Gasteiger partial charge in [0.05, 0.1) is 17.4 Å². The summed E-state index contributed by atoms with van der Waals surface area (Å²) in [6, 6.07) is 12.0. The number of nitrogen functional groups attached to an aromatic ring is 1. The van der Waals surface area contributed by atoms with Gasteiger partial charge in [-0.3, -0.25) is 4.79 Å². The highest BCUT2D eigenvalue weighted by molar-refractivity contribution is 6.07. The smallest absolute Gasteiger partial charge is 0.249 e. The Kier molecular flexibility index (Phi) is 5.06. The third kappa shape index (κ3) is 3.52. The summed E-state index contributed by atoms with van der Waals surface area (Å²) in [5.41, 5.74) is 18.0. The number of unbranched alkanes of at least 4 members (excludes halogenated alkanes) is 1. The Morgan fingerprint density at radius 2 is 1.90 bits per heavy atom. The summed E-state index contributed by atoms with van der Waals surface area (Å²) in [4.78, 5) is 21.3. The van der Waals surface area contributed by atoms with Crippen molar-refractivity contribution in [2.24, 2.45) is 5.73 Å². The Hall–Kier alpha value is -3.41. The van der Waals surface area contributed by atoms with Crippen molar-refractivity contribution >= 4 is 33.5 Å². The van der Waals surface area contributed by atoms with Gasteiger partial charge >= 0.3 is 0 Å². The molecular formula is C25H27N5O. The fraction of sp³-hybridized carbons (Fsp3) is 0.320. The minimum Gasteiger partial charge on any atom is -0.382 e. The van der Waals surface area contributed by atoms with E-state index in [1.807, 2.05) is 36.7 Å². The molecule has 6 nitrogen and oxygen atoms in total. The van der Waals surface area contributed by atoms with Gasteiger partial charge in [-0.2, -0.15) is 0 Å². The molecule has 0 saturated carbocycles. The van der Waals surface area contributed by atoms with Crippen molar-refractivity contribution in [3.8, 4) is 0 Å². The van der Waals surface area contributed by atoms with Crippen LogP contribution in [0.4, 0.5) is 5.82 Å². The summed E-state index contributed by atoms with van der Waals surface area (Å²) in [6.45, 7) is 0.867. The lowest BCUT2D eigenvalue weighted by molar-refractivity contribution is 0.100. The molecule has 1 aliphatic carbocycles.